The van der Waals surface area contributed by atoms with Crippen LogP contribution in [0.4, 0.5) is 10.1 Å². The first-order valence-corrected chi connectivity index (χ1v) is 11.5. The van der Waals surface area contributed by atoms with E-state index >= 15 is 0 Å². The normalized spacial score (nSPS) is 14.8. The zero-order valence-corrected chi connectivity index (χ0v) is 18.4. The number of hydrogen-bond donors (Lipinski definition) is 1. The number of ether oxygens (including phenoxy) is 1. The molecule has 1 heterocycles. The maximum atomic E-state index is 14.3. The minimum atomic E-state index is -4.07. The van der Waals surface area contributed by atoms with E-state index in [0.717, 1.165) is 24.6 Å². The summed E-state index contributed by atoms with van der Waals surface area (Å²) in [5.74, 6) is -2.48. The lowest BCUT2D eigenvalue weighted by Gasteiger charge is -2.26. The maximum Gasteiger partial charge on any atom is 0.338 e. The van der Waals surface area contributed by atoms with Gasteiger partial charge >= 0.3 is 5.97 Å². The van der Waals surface area contributed by atoms with Crippen LogP contribution in [0.25, 0.3) is 0 Å². The van der Waals surface area contributed by atoms with E-state index in [9.17, 15) is 22.4 Å². The molecule has 1 saturated heterocycles. The third kappa shape index (κ3) is 5.41. The van der Waals surface area contributed by atoms with Crippen LogP contribution in [0.3, 0.4) is 0 Å². The van der Waals surface area contributed by atoms with Crippen LogP contribution in [0, 0.1) is 12.7 Å². The maximum absolute atomic E-state index is 14.3. The summed E-state index contributed by atoms with van der Waals surface area (Å²) >= 11 is 6.01. The van der Waals surface area contributed by atoms with Gasteiger partial charge in [-0.25, -0.2) is 17.6 Å². The number of anilines is 1. The topological polar surface area (TPSA) is 92.8 Å². The highest BCUT2D eigenvalue weighted by atomic mass is 35.5. The highest BCUT2D eigenvalue weighted by Crippen LogP contribution is 2.25. The third-order valence-electron chi connectivity index (χ3n) is 4.98. The molecule has 166 valence electrons. The number of sulfonamides is 1. The smallest absolute Gasteiger partial charge is 0.338 e. The third-order valence-corrected chi connectivity index (χ3v) is 7.30. The van der Waals surface area contributed by atoms with Gasteiger partial charge in [-0.1, -0.05) is 24.1 Å². The molecule has 3 rings (SSSR count). The predicted octanol–water partition coefficient (Wildman–Crippen LogP) is 3.76. The van der Waals surface area contributed by atoms with Gasteiger partial charge in [-0.15, -0.1) is 0 Å². The molecule has 31 heavy (non-hydrogen) atoms. The van der Waals surface area contributed by atoms with Crippen molar-refractivity contribution in [3.63, 3.8) is 0 Å². The van der Waals surface area contributed by atoms with Gasteiger partial charge in [0.2, 0.25) is 10.0 Å². The number of piperidine rings is 1. The van der Waals surface area contributed by atoms with Crippen molar-refractivity contribution < 1.29 is 27.1 Å². The number of amides is 1. The van der Waals surface area contributed by atoms with Crippen LogP contribution in [-0.2, 0) is 19.6 Å². The summed E-state index contributed by atoms with van der Waals surface area (Å²) in [7, 11) is -4.07. The lowest BCUT2D eigenvalue weighted by Crippen LogP contribution is -2.36. The van der Waals surface area contributed by atoms with Crippen molar-refractivity contribution in [1.82, 2.24) is 4.31 Å². The fourth-order valence-electron chi connectivity index (χ4n) is 3.22. The number of hydrogen-bond acceptors (Lipinski definition) is 5. The molecule has 1 N–H and O–H groups in total. The Bertz CT molecular complexity index is 1100. The Morgan fingerprint density at radius 3 is 2.58 bits per heavy atom. The van der Waals surface area contributed by atoms with Crippen LogP contribution < -0.4 is 5.32 Å². The molecule has 0 aromatic heterocycles. The molecule has 0 unspecified atom stereocenters. The van der Waals surface area contributed by atoms with Gasteiger partial charge in [-0.3, -0.25) is 4.79 Å². The van der Waals surface area contributed by atoms with Crippen LogP contribution in [-0.4, -0.2) is 44.3 Å². The van der Waals surface area contributed by atoms with E-state index in [1.54, 1.807) is 25.1 Å². The molecule has 1 amide bonds. The zero-order valence-electron chi connectivity index (χ0n) is 16.9. The summed E-state index contributed by atoms with van der Waals surface area (Å²) in [6, 6.07) is 7.96. The number of rotatable bonds is 6. The fourth-order valence-corrected chi connectivity index (χ4v) is 5.00. The number of esters is 1. The van der Waals surface area contributed by atoms with Gasteiger partial charge < -0.3 is 10.1 Å². The van der Waals surface area contributed by atoms with E-state index < -0.39 is 39.2 Å². The van der Waals surface area contributed by atoms with E-state index in [1.807, 2.05) is 0 Å². The summed E-state index contributed by atoms with van der Waals surface area (Å²) < 4.78 is 46.0. The lowest BCUT2D eigenvalue weighted by molar-refractivity contribution is -0.119. The average molecular weight is 469 g/mol. The van der Waals surface area contributed by atoms with Gasteiger partial charge in [0.15, 0.2) is 6.61 Å². The molecular weight excluding hydrogens is 447 g/mol. The average Bonchev–Trinajstić information content (AvgIpc) is 2.76. The molecule has 0 saturated carbocycles. The number of halogens is 2. The predicted molar refractivity (Wildman–Crippen MR) is 114 cm³/mol. The number of carbonyl (C=O) groups is 2. The second-order valence-electron chi connectivity index (χ2n) is 7.15. The van der Waals surface area contributed by atoms with E-state index in [4.69, 9.17) is 16.3 Å². The highest BCUT2D eigenvalue weighted by molar-refractivity contribution is 7.89. The van der Waals surface area contributed by atoms with Crippen molar-refractivity contribution >= 4 is 39.2 Å². The number of benzene rings is 2. The minimum Gasteiger partial charge on any atom is -0.452 e. The molecule has 1 aliphatic rings. The molecule has 0 radical (unpaired) electrons. The van der Waals surface area contributed by atoms with Crippen molar-refractivity contribution in [2.75, 3.05) is 25.0 Å². The van der Waals surface area contributed by atoms with Crippen LogP contribution in [0.5, 0.6) is 0 Å². The Morgan fingerprint density at radius 1 is 1.16 bits per heavy atom. The summed E-state index contributed by atoms with van der Waals surface area (Å²) in [6.45, 7) is 1.74. The largest absolute Gasteiger partial charge is 0.452 e. The molecule has 2 aromatic rings. The van der Waals surface area contributed by atoms with E-state index in [1.165, 1.54) is 4.31 Å². The van der Waals surface area contributed by atoms with Crippen LogP contribution in [0.1, 0.15) is 35.2 Å². The molecule has 1 aliphatic heterocycles. The first kappa shape index (κ1) is 23.2. The first-order valence-electron chi connectivity index (χ1n) is 9.72. The van der Waals surface area contributed by atoms with Crippen molar-refractivity contribution in [3.8, 4) is 0 Å². The summed E-state index contributed by atoms with van der Waals surface area (Å²) in [4.78, 5) is 23.9. The quantitative estimate of drug-likeness (QED) is 0.651. The van der Waals surface area contributed by atoms with E-state index in [-0.39, 0.29) is 5.56 Å². The number of carbonyl (C=O) groups excluding carboxylic acids is 2. The standard InChI is InChI=1S/C21H22ClFN2O5S/c1-14-16(22)6-5-7-18(14)24-20(26)13-30-21(27)15-8-9-17(23)19(12-15)31(28,29)25-10-3-2-4-11-25/h5-9,12H,2-4,10-11,13H2,1H3,(H,24,26). The van der Waals surface area contributed by atoms with Gasteiger partial charge in [-0.05, 0) is 55.7 Å². The Kier molecular flexibility index (Phi) is 7.30. The summed E-state index contributed by atoms with van der Waals surface area (Å²) in [6.07, 6.45) is 2.31. The van der Waals surface area contributed by atoms with Crippen molar-refractivity contribution in [2.45, 2.75) is 31.1 Å². The van der Waals surface area contributed by atoms with Crippen molar-refractivity contribution in [3.05, 3.63) is 58.4 Å². The second-order valence-corrected chi connectivity index (χ2v) is 9.46. The van der Waals surface area contributed by atoms with Gasteiger partial charge in [0.1, 0.15) is 10.7 Å². The van der Waals surface area contributed by atoms with E-state index in [2.05, 4.69) is 5.32 Å². The molecule has 0 spiro atoms. The molecule has 0 atom stereocenters. The van der Waals surface area contributed by atoms with Gasteiger partial charge in [0.25, 0.3) is 5.91 Å². The highest BCUT2D eigenvalue weighted by Gasteiger charge is 2.29. The minimum absolute atomic E-state index is 0.163. The molecule has 0 aliphatic carbocycles. The van der Waals surface area contributed by atoms with Gasteiger partial charge in [-0.2, -0.15) is 4.31 Å². The fraction of sp³-hybridized carbons (Fsp3) is 0.333. The second kappa shape index (κ2) is 9.76. The van der Waals surface area contributed by atoms with Crippen LogP contribution >= 0.6 is 11.6 Å². The number of nitrogens with zero attached hydrogens (tertiary/aromatic N) is 1. The molecular formula is C21H22ClFN2O5S. The zero-order chi connectivity index (χ0) is 22.6. The molecule has 10 heteroatoms. The van der Waals surface area contributed by atoms with Crippen molar-refractivity contribution in [1.29, 1.82) is 0 Å². The SMILES string of the molecule is Cc1c(Cl)cccc1NC(=O)COC(=O)c1ccc(F)c(S(=O)(=O)N2CCCCC2)c1. The Morgan fingerprint density at radius 2 is 1.87 bits per heavy atom. The summed E-state index contributed by atoms with van der Waals surface area (Å²) in [5.41, 5.74) is 0.976. The van der Waals surface area contributed by atoms with Crippen LogP contribution in [0.15, 0.2) is 41.3 Å². The van der Waals surface area contributed by atoms with Crippen LogP contribution in [0.2, 0.25) is 5.02 Å². The molecule has 0 bridgehead atoms. The van der Waals surface area contributed by atoms with Crippen molar-refractivity contribution in [2.24, 2.45) is 0 Å². The first-order chi connectivity index (χ1) is 14.7. The van der Waals surface area contributed by atoms with E-state index in [0.29, 0.717) is 42.2 Å². The van der Waals surface area contributed by atoms with Gasteiger partial charge in [0.05, 0.1) is 5.56 Å². The molecule has 1 fully saturated rings. The van der Waals surface area contributed by atoms with Gasteiger partial charge in [0, 0.05) is 23.8 Å². The lowest BCUT2D eigenvalue weighted by atomic mass is 10.2. The summed E-state index contributed by atoms with van der Waals surface area (Å²) in [5, 5.41) is 3.06. The Balaban J connectivity index is 1.69. The monoisotopic (exact) mass is 468 g/mol. The molecule has 7 nitrogen and oxygen atoms in total. The number of nitrogens with one attached hydrogen (secondary N) is 1. The molecule has 2 aromatic carbocycles. The Hall–Kier alpha value is -2.49. The Labute approximate surface area is 185 Å².